The van der Waals surface area contributed by atoms with Gasteiger partial charge in [-0.25, -0.2) is 13.2 Å². The van der Waals surface area contributed by atoms with Gasteiger partial charge in [0.1, 0.15) is 6.17 Å². The number of hydrogen-bond donors (Lipinski definition) is 1. The van der Waals surface area contributed by atoms with Crippen LogP contribution in [0.1, 0.15) is 18.4 Å². The molecule has 1 N–H and O–H groups in total. The maximum Gasteiger partial charge on any atom is 0.244 e. The lowest BCUT2D eigenvalue weighted by atomic mass is 10.2. The molecular formula is C12H11ClF3N3O. The molecule has 0 saturated carbocycles. The highest BCUT2D eigenvalue weighted by Gasteiger charge is 2.29. The van der Waals surface area contributed by atoms with E-state index in [4.69, 9.17) is 4.52 Å². The molecule has 0 radical (unpaired) electrons. The number of nitrogens with zero attached hydrogens (tertiary/aromatic N) is 2. The van der Waals surface area contributed by atoms with Crippen molar-refractivity contribution in [1.29, 1.82) is 0 Å². The Morgan fingerprint density at radius 1 is 1.25 bits per heavy atom. The SMILES string of the molecule is Cl.Fc1ccc(-c2noc([C@H]3C[C@H](F)CN3)n2)cc1F. The van der Waals surface area contributed by atoms with Gasteiger partial charge in [-0.05, 0) is 18.2 Å². The van der Waals surface area contributed by atoms with Gasteiger partial charge in [0, 0.05) is 18.5 Å². The molecular weight excluding hydrogens is 295 g/mol. The van der Waals surface area contributed by atoms with E-state index in [0.717, 1.165) is 12.1 Å². The summed E-state index contributed by atoms with van der Waals surface area (Å²) in [7, 11) is 0. The van der Waals surface area contributed by atoms with Gasteiger partial charge in [0.25, 0.3) is 0 Å². The summed E-state index contributed by atoms with van der Waals surface area (Å²) < 4.78 is 44.0. The van der Waals surface area contributed by atoms with Gasteiger partial charge in [-0.2, -0.15) is 4.98 Å². The molecule has 4 nitrogen and oxygen atoms in total. The maximum absolute atomic E-state index is 13.1. The predicted octanol–water partition coefficient (Wildman–Crippen LogP) is 2.81. The first-order chi connectivity index (χ1) is 9.13. The van der Waals surface area contributed by atoms with Crippen molar-refractivity contribution >= 4 is 12.4 Å². The van der Waals surface area contributed by atoms with Crippen LogP contribution in [0.5, 0.6) is 0 Å². The summed E-state index contributed by atoms with van der Waals surface area (Å²) in [6.45, 7) is 0.244. The van der Waals surface area contributed by atoms with Crippen molar-refractivity contribution in [2.45, 2.75) is 18.6 Å². The molecule has 108 valence electrons. The van der Waals surface area contributed by atoms with Crippen molar-refractivity contribution in [3.63, 3.8) is 0 Å². The Morgan fingerprint density at radius 3 is 2.70 bits per heavy atom. The molecule has 2 aromatic rings. The van der Waals surface area contributed by atoms with Crippen LogP contribution in [0.15, 0.2) is 22.7 Å². The van der Waals surface area contributed by atoms with Gasteiger partial charge in [0.15, 0.2) is 11.6 Å². The lowest BCUT2D eigenvalue weighted by Crippen LogP contribution is -2.14. The molecule has 1 aromatic heterocycles. The highest BCUT2D eigenvalue weighted by atomic mass is 35.5. The van der Waals surface area contributed by atoms with Crippen molar-refractivity contribution in [3.8, 4) is 11.4 Å². The zero-order valence-electron chi connectivity index (χ0n) is 10.1. The third kappa shape index (κ3) is 2.78. The summed E-state index contributed by atoms with van der Waals surface area (Å²) in [5.41, 5.74) is 0.309. The summed E-state index contributed by atoms with van der Waals surface area (Å²) in [6.07, 6.45) is -0.678. The number of nitrogens with one attached hydrogen (secondary N) is 1. The zero-order chi connectivity index (χ0) is 13.4. The van der Waals surface area contributed by atoms with Gasteiger partial charge in [-0.3, -0.25) is 0 Å². The molecule has 0 bridgehead atoms. The number of benzene rings is 1. The summed E-state index contributed by atoms with van der Waals surface area (Å²) in [5.74, 6) is -1.52. The van der Waals surface area contributed by atoms with Crippen molar-refractivity contribution in [2.24, 2.45) is 0 Å². The molecule has 1 aliphatic heterocycles. The quantitative estimate of drug-likeness (QED) is 0.927. The minimum Gasteiger partial charge on any atom is -0.337 e. The first-order valence-corrected chi connectivity index (χ1v) is 5.80. The molecule has 1 aromatic carbocycles. The van der Waals surface area contributed by atoms with E-state index in [1.807, 2.05) is 0 Å². The second kappa shape index (κ2) is 5.80. The lowest BCUT2D eigenvalue weighted by molar-refractivity contribution is 0.324. The molecule has 1 fully saturated rings. The summed E-state index contributed by atoms with van der Waals surface area (Å²) >= 11 is 0. The van der Waals surface area contributed by atoms with E-state index in [9.17, 15) is 13.2 Å². The molecule has 1 aliphatic rings. The van der Waals surface area contributed by atoms with Crippen LogP contribution in [-0.2, 0) is 0 Å². The molecule has 0 spiro atoms. The fourth-order valence-electron chi connectivity index (χ4n) is 2.01. The lowest BCUT2D eigenvalue weighted by Gasteiger charge is -2.01. The molecule has 2 heterocycles. The number of alkyl halides is 1. The topological polar surface area (TPSA) is 51.0 Å². The van der Waals surface area contributed by atoms with E-state index in [-0.39, 0.29) is 43.1 Å². The Bertz CT molecular complexity index is 607. The van der Waals surface area contributed by atoms with Crippen LogP contribution in [0.25, 0.3) is 11.4 Å². The van der Waals surface area contributed by atoms with Crippen LogP contribution in [-0.4, -0.2) is 22.9 Å². The summed E-state index contributed by atoms with van der Waals surface area (Å²) in [6, 6.07) is 3.00. The Labute approximate surface area is 118 Å². The molecule has 20 heavy (non-hydrogen) atoms. The molecule has 8 heteroatoms. The van der Waals surface area contributed by atoms with Crippen molar-refractivity contribution < 1.29 is 17.7 Å². The van der Waals surface area contributed by atoms with Crippen LogP contribution in [0.2, 0.25) is 0 Å². The molecule has 3 rings (SSSR count). The first kappa shape index (κ1) is 14.8. The second-order valence-corrected chi connectivity index (χ2v) is 4.38. The first-order valence-electron chi connectivity index (χ1n) is 5.80. The third-order valence-electron chi connectivity index (χ3n) is 2.99. The van der Waals surface area contributed by atoms with Gasteiger partial charge in [0.2, 0.25) is 11.7 Å². The number of rotatable bonds is 2. The fourth-order valence-corrected chi connectivity index (χ4v) is 2.01. The smallest absolute Gasteiger partial charge is 0.244 e. The zero-order valence-corrected chi connectivity index (χ0v) is 11.0. The van der Waals surface area contributed by atoms with E-state index in [1.165, 1.54) is 6.07 Å². The van der Waals surface area contributed by atoms with E-state index in [1.54, 1.807) is 0 Å². The maximum atomic E-state index is 13.1. The molecule has 2 atom stereocenters. The Hall–Kier alpha value is -1.60. The van der Waals surface area contributed by atoms with E-state index in [0.29, 0.717) is 5.56 Å². The standard InChI is InChI=1S/C12H10F3N3O.ClH/c13-7-4-10(16-5-7)12-17-11(18-19-12)6-1-2-8(14)9(15)3-6;/h1-3,7,10,16H,4-5H2;1H/t7-,10+;/m0./s1. The van der Waals surface area contributed by atoms with Crippen molar-refractivity contribution in [3.05, 3.63) is 35.7 Å². The third-order valence-corrected chi connectivity index (χ3v) is 2.99. The summed E-state index contributed by atoms with van der Waals surface area (Å²) in [4.78, 5) is 4.07. The monoisotopic (exact) mass is 305 g/mol. The minimum atomic E-state index is -0.980. The molecule has 1 saturated heterocycles. The molecule has 0 amide bonds. The Kier molecular flexibility index (Phi) is 4.29. The molecule has 0 unspecified atom stereocenters. The van der Waals surface area contributed by atoms with Gasteiger partial charge < -0.3 is 9.84 Å². The predicted molar refractivity (Wildman–Crippen MR) is 67.2 cm³/mol. The van der Waals surface area contributed by atoms with Gasteiger partial charge in [0.05, 0.1) is 6.04 Å². The normalized spacial score (nSPS) is 21.8. The highest BCUT2D eigenvalue weighted by Crippen LogP contribution is 2.26. The van der Waals surface area contributed by atoms with Gasteiger partial charge in [-0.1, -0.05) is 5.16 Å². The van der Waals surface area contributed by atoms with Gasteiger partial charge in [-0.15, -0.1) is 12.4 Å². The van der Waals surface area contributed by atoms with E-state index in [2.05, 4.69) is 15.5 Å². The van der Waals surface area contributed by atoms with Crippen molar-refractivity contribution in [2.75, 3.05) is 6.54 Å². The average molecular weight is 306 g/mol. The Balaban J connectivity index is 0.00000147. The van der Waals surface area contributed by atoms with E-state index >= 15 is 0 Å². The van der Waals surface area contributed by atoms with Crippen molar-refractivity contribution in [1.82, 2.24) is 15.5 Å². The fraction of sp³-hybridized carbons (Fsp3) is 0.333. The largest absolute Gasteiger partial charge is 0.337 e. The highest BCUT2D eigenvalue weighted by molar-refractivity contribution is 5.85. The Morgan fingerprint density at radius 2 is 2.05 bits per heavy atom. The second-order valence-electron chi connectivity index (χ2n) is 4.38. The van der Waals surface area contributed by atoms with Gasteiger partial charge >= 0.3 is 0 Å². The number of aromatic nitrogens is 2. The average Bonchev–Trinajstić information content (AvgIpc) is 3.01. The number of hydrogen-bond acceptors (Lipinski definition) is 4. The summed E-state index contributed by atoms with van der Waals surface area (Å²) in [5, 5.41) is 6.59. The minimum absolute atomic E-state index is 0. The van der Waals surface area contributed by atoms with Crippen LogP contribution < -0.4 is 5.32 Å². The molecule has 0 aliphatic carbocycles. The van der Waals surface area contributed by atoms with Crippen LogP contribution in [0, 0.1) is 11.6 Å². The number of halogens is 4. The van der Waals surface area contributed by atoms with Crippen LogP contribution in [0.4, 0.5) is 13.2 Å². The van der Waals surface area contributed by atoms with Crippen LogP contribution >= 0.6 is 12.4 Å². The van der Waals surface area contributed by atoms with E-state index < -0.39 is 17.8 Å². The van der Waals surface area contributed by atoms with Crippen LogP contribution in [0.3, 0.4) is 0 Å².